The zero-order valence-corrected chi connectivity index (χ0v) is 37.5. The lowest BCUT2D eigenvalue weighted by atomic mass is 9.91. The molecule has 0 atom stereocenters. The summed E-state index contributed by atoms with van der Waals surface area (Å²) in [6, 6.07) is 0.669. The van der Waals surface area contributed by atoms with Crippen LogP contribution in [0, 0.1) is 5.92 Å². The lowest BCUT2D eigenvalue weighted by Gasteiger charge is -2.38. The summed E-state index contributed by atoms with van der Waals surface area (Å²) in [7, 11) is 0. The van der Waals surface area contributed by atoms with Crippen molar-refractivity contribution >= 4 is 11.9 Å². The van der Waals surface area contributed by atoms with Gasteiger partial charge in [-0.25, -0.2) is 0 Å². The maximum atomic E-state index is 12.8. The number of esters is 2. The molecule has 1 saturated carbocycles. The molecule has 0 saturated heterocycles. The SMILES string of the molecule is CCCCCCCCCCCC(=O)OCCCCCN(CCN(CCO)CCOCCOC(=O)CC(CCCCCCCC)CCCCCCCC)C1CCC1. The van der Waals surface area contributed by atoms with Gasteiger partial charge in [0.1, 0.15) is 6.61 Å². The van der Waals surface area contributed by atoms with Crippen LogP contribution in [0.5, 0.6) is 0 Å². The molecule has 0 unspecified atom stereocenters. The number of hydrogen-bond acceptors (Lipinski definition) is 8. The molecule has 0 aromatic heterocycles. The molecule has 1 aliphatic rings. The topological polar surface area (TPSA) is 88.5 Å². The fourth-order valence-electron chi connectivity index (χ4n) is 7.99. The minimum atomic E-state index is -0.0704. The molecule has 0 aromatic carbocycles. The first-order valence-electron chi connectivity index (χ1n) is 24.5. The molecule has 1 N–H and O–H groups in total. The summed E-state index contributed by atoms with van der Waals surface area (Å²) in [5, 5.41) is 9.74. The summed E-state index contributed by atoms with van der Waals surface area (Å²) in [4.78, 5) is 29.8. The largest absolute Gasteiger partial charge is 0.466 e. The molecule has 8 heteroatoms. The van der Waals surface area contributed by atoms with Gasteiger partial charge in [0.05, 0.1) is 26.4 Å². The van der Waals surface area contributed by atoms with Crippen molar-refractivity contribution in [1.29, 1.82) is 0 Å². The van der Waals surface area contributed by atoms with E-state index < -0.39 is 0 Å². The monoisotopic (exact) mass is 795 g/mol. The molecule has 332 valence electrons. The van der Waals surface area contributed by atoms with E-state index in [0.717, 1.165) is 71.1 Å². The Morgan fingerprint density at radius 2 is 1.07 bits per heavy atom. The van der Waals surface area contributed by atoms with Gasteiger partial charge in [-0.05, 0) is 63.8 Å². The van der Waals surface area contributed by atoms with Crippen LogP contribution < -0.4 is 0 Å². The number of hydrogen-bond donors (Lipinski definition) is 1. The number of aliphatic hydroxyl groups is 1. The van der Waals surface area contributed by atoms with E-state index in [1.807, 2.05) is 0 Å². The highest BCUT2D eigenvalue weighted by molar-refractivity contribution is 5.69. The van der Waals surface area contributed by atoms with Crippen molar-refractivity contribution in [1.82, 2.24) is 9.80 Å². The Morgan fingerprint density at radius 3 is 1.62 bits per heavy atom. The van der Waals surface area contributed by atoms with Crippen molar-refractivity contribution in [3.63, 3.8) is 0 Å². The van der Waals surface area contributed by atoms with Crippen molar-refractivity contribution in [2.45, 2.75) is 226 Å². The van der Waals surface area contributed by atoms with E-state index in [2.05, 4.69) is 30.6 Å². The first-order chi connectivity index (χ1) is 27.5. The van der Waals surface area contributed by atoms with Gasteiger partial charge < -0.3 is 19.3 Å². The van der Waals surface area contributed by atoms with Crippen molar-refractivity contribution in [3.8, 4) is 0 Å². The van der Waals surface area contributed by atoms with Crippen molar-refractivity contribution in [2.75, 3.05) is 65.8 Å². The van der Waals surface area contributed by atoms with Crippen molar-refractivity contribution < 1.29 is 28.9 Å². The van der Waals surface area contributed by atoms with Crippen LogP contribution in [0.15, 0.2) is 0 Å². The molecule has 0 bridgehead atoms. The van der Waals surface area contributed by atoms with Crippen LogP contribution in [0.2, 0.25) is 0 Å². The Labute approximate surface area is 347 Å². The molecule has 0 heterocycles. The normalized spacial score (nSPS) is 13.3. The average molecular weight is 795 g/mol. The number of ether oxygens (including phenoxy) is 3. The summed E-state index contributed by atoms with van der Waals surface area (Å²) < 4.78 is 17.1. The molecule has 0 radical (unpaired) electrons. The van der Waals surface area contributed by atoms with E-state index in [4.69, 9.17) is 14.2 Å². The van der Waals surface area contributed by atoms with Gasteiger partial charge in [-0.1, -0.05) is 156 Å². The van der Waals surface area contributed by atoms with E-state index in [-0.39, 0.29) is 18.5 Å². The Hall–Kier alpha value is -1.22. The highest BCUT2D eigenvalue weighted by atomic mass is 16.6. The number of aliphatic hydroxyl groups excluding tert-OH is 1. The lowest BCUT2D eigenvalue weighted by Crippen LogP contribution is -2.45. The Kier molecular flexibility index (Phi) is 38.2. The van der Waals surface area contributed by atoms with Crippen LogP contribution in [0.1, 0.15) is 220 Å². The highest BCUT2D eigenvalue weighted by Gasteiger charge is 2.24. The second-order valence-electron chi connectivity index (χ2n) is 17.1. The third-order valence-electron chi connectivity index (χ3n) is 12.0. The standard InChI is InChI=1S/C48H94N2O6/c1-4-7-10-13-16-17-18-21-25-33-47(52)55-40-27-22-26-34-50(46-31-28-32-46)36-35-49(37-39-51)38-41-54-42-43-56-48(53)44-45(29-23-19-14-11-8-5-2)30-24-20-15-12-9-6-3/h45-46,51H,4-44H2,1-3H3. The molecule has 1 fully saturated rings. The predicted molar refractivity (Wildman–Crippen MR) is 235 cm³/mol. The second-order valence-corrected chi connectivity index (χ2v) is 17.1. The molecule has 56 heavy (non-hydrogen) atoms. The fourth-order valence-corrected chi connectivity index (χ4v) is 7.99. The van der Waals surface area contributed by atoms with Crippen LogP contribution in [0.25, 0.3) is 0 Å². The van der Waals surface area contributed by atoms with Crippen LogP contribution >= 0.6 is 0 Å². The van der Waals surface area contributed by atoms with Crippen LogP contribution in [-0.2, 0) is 23.8 Å². The molecule has 0 aliphatic heterocycles. The van der Waals surface area contributed by atoms with Gasteiger partial charge in [0.25, 0.3) is 0 Å². The van der Waals surface area contributed by atoms with Crippen LogP contribution in [0.4, 0.5) is 0 Å². The number of nitrogens with zero attached hydrogens (tertiary/aromatic N) is 2. The summed E-state index contributed by atoms with van der Waals surface area (Å²) in [6.45, 7) is 13.1. The van der Waals surface area contributed by atoms with Gasteiger partial charge >= 0.3 is 11.9 Å². The van der Waals surface area contributed by atoms with E-state index in [1.165, 1.54) is 141 Å². The maximum Gasteiger partial charge on any atom is 0.306 e. The second kappa shape index (κ2) is 40.6. The van der Waals surface area contributed by atoms with Gasteiger partial charge in [0.2, 0.25) is 0 Å². The number of carbonyl (C=O) groups is 2. The molecule has 8 nitrogen and oxygen atoms in total. The quantitative estimate of drug-likeness (QED) is 0.0482. The zero-order valence-electron chi connectivity index (χ0n) is 37.5. The average Bonchev–Trinajstić information content (AvgIpc) is 3.17. The van der Waals surface area contributed by atoms with Crippen molar-refractivity contribution in [3.05, 3.63) is 0 Å². The van der Waals surface area contributed by atoms with Crippen LogP contribution in [-0.4, -0.2) is 98.6 Å². The summed E-state index contributed by atoms with van der Waals surface area (Å²) in [5.41, 5.74) is 0. The molecule has 0 spiro atoms. The first kappa shape index (κ1) is 52.8. The van der Waals surface area contributed by atoms with Gasteiger partial charge in [0.15, 0.2) is 0 Å². The van der Waals surface area contributed by atoms with Gasteiger partial charge in [0, 0.05) is 45.1 Å². The zero-order chi connectivity index (χ0) is 40.6. The van der Waals surface area contributed by atoms with Crippen LogP contribution in [0.3, 0.4) is 0 Å². The molecule has 0 aromatic rings. The fraction of sp³-hybridized carbons (Fsp3) is 0.958. The van der Waals surface area contributed by atoms with E-state index in [1.54, 1.807) is 0 Å². The van der Waals surface area contributed by atoms with E-state index in [0.29, 0.717) is 57.8 Å². The molecule has 1 rings (SSSR count). The number of carbonyl (C=O) groups excluding carboxylic acids is 2. The number of rotatable bonds is 44. The van der Waals surface area contributed by atoms with E-state index >= 15 is 0 Å². The number of unbranched alkanes of at least 4 members (excludes halogenated alkanes) is 20. The van der Waals surface area contributed by atoms with E-state index in [9.17, 15) is 14.7 Å². The summed E-state index contributed by atoms with van der Waals surface area (Å²) in [6.07, 6.45) is 37.2. The maximum absolute atomic E-state index is 12.8. The van der Waals surface area contributed by atoms with Crippen molar-refractivity contribution in [2.24, 2.45) is 5.92 Å². The minimum absolute atomic E-state index is 0.0284. The first-order valence-corrected chi connectivity index (χ1v) is 24.5. The minimum Gasteiger partial charge on any atom is -0.466 e. The lowest BCUT2D eigenvalue weighted by molar-refractivity contribution is -0.146. The molecule has 1 aliphatic carbocycles. The summed E-state index contributed by atoms with van der Waals surface area (Å²) >= 11 is 0. The van der Waals surface area contributed by atoms with Gasteiger partial charge in [-0.2, -0.15) is 0 Å². The third kappa shape index (κ3) is 32.7. The Morgan fingerprint density at radius 1 is 0.536 bits per heavy atom. The predicted octanol–water partition coefficient (Wildman–Crippen LogP) is 11.8. The highest BCUT2D eigenvalue weighted by Crippen LogP contribution is 2.25. The van der Waals surface area contributed by atoms with Gasteiger partial charge in [-0.15, -0.1) is 0 Å². The molecular formula is C48H94N2O6. The van der Waals surface area contributed by atoms with Gasteiger partial charge in [-0.3, -0.25) is 19.4 Å². The molecular weight excluding hydrogens is 701 g/mol. The Bertz CT molecular complexity index is 840. The summed E-state index contributed by atoms with van der Waals surface area (Å²) in [5.74, 6) is 0.342. The smallest absolute Gasteiger partial charge is 0.306 e. The molecule has 0 amide bonds. The third-order valence-corrected chi connectivity index (χ3v) is 12.0. The Balaban J connectivity index is 2.23.